The summed E-state index contributed by atoms with van der Waals surface area (Å²) in [6, 6.07) is 6.15. The van der Waals surface area contributed by atoms with Crippen molar-refractivity contribution in [3.05, 3.63) is 29.3 Å². The predicted molar refractivity (Wildman–Crippen MR) is 51.2 cm³/mol. The molecule has 1 aliphatic heterocycles. The Morgan fingerprint density at radius 2 is 2.15 bits per heavy atom. The first-order valence-corrected chi connectivity index (χ1v) is 4.57. The van der Waals surface area contributed by atoms with Crippen LogP contribution in [0.15, 0.2) is 18.2 Å². The summed E-state index contributed by atoms with van der Waals surface area (Å²) in [6.07, 6.45) is 0.335. The molecule has 0 aliphatic carbocycles. The van der Waals surface area contributed by atoms with Crippen LogP contribution >= 0.6 is 0 Å². The molecule has 1 heterocycles. The molecule has 0 saturated carbocycles. The van der Waals surface area contributed by atoms with Gasteiger partial charge in [0.2, 0.25) is 0 Å². The highest BCUT2D eigenvalue weighted by Crippen LogP contribution is 2.18. The van der Waals surface area contributed by atoms with Crippen molar-refractivity contribution in [3.63, 3.8) is 0 Å². The molecule has 0 spiro atoms. The summed E-state index contributed by atoms with van der Waals surface area (Å²) in [5.74, 6) is 0.943. The maximum absolute atomic E-state index is 5.54. The lowest BCUT2D eigenvalue weighted by molar-refractivity contribution is 0.263. The van der Waals surface area contributed by atoms with Crippen LogP contribution in [0.5, 0.6) is 5.75 Å². The molecule has 1 fully saturated rings. The fraction of sp³-hybridized carbons (Fsp3) is 0.455. The maximum Gasteiger partial charge on any atom is 0.119 e. The van der Waals surface area contributed by atoms with Gasteiger partial charge in [0.25, 0.3) is 0 Å². The van der Waals surface area contributed by atoms with Crippen LogP contribution in [-0.2, 0) is 4.74 Å². The van der Waals surface area contributed by atoms with Gasteiger partial charge in [0.15, 0.2) is 0 Å². The second-order valence-electron chi connectivity index (χ2n) is 3.51. The maximum atomic E-state index is 5.54. The van der Waals surface area contributed by atoms with E-state index in [1.54, 1.807) is 0 Å². The van der Waals surface area contributed by atoms with Crippen LogP contribution in [0.25, 0.3) is 0 Å². The Balaban J connectivity index is 1.98. The summed E-state index contributed by atoms with van der Waals surface area (Å²) in [6.45, 7) is 5.73. The lowest BCUT2D eigenvalue weighted by atomic mass is 10.1. The topological polar surface area (TPSA) is 21.8 Å². The summed E-state index contributed by atoms with van der Waals surface area (Å²) in [7, 11) is 0. The number of benzene rings is 1. The predicted octanol–water partition coefficient (Wildman–Crippen LogP) is 2.08. The largest absolute Gasteiger partial charge is 0.491 e. The Labute approximate surface area is 78.5 Å². The lowest BCUT2D eigenvalue weighted by Gasteiger charge is -2.06. The van der Waals surface area contributed by atoms with Gasteiger partial charge < -0.3 is 9.47 Å². The van der Waals surface area contributed by atoms with E-state index >= 15 is 0 Å². The van der Waals surface area contributed by atoms with E-state index in [1.807, 2.05) is 6.07 Å². The normalized spacial score (nSPS) is 20.0. The molecule has 2 rings (SSSR count). The van der Waals surface area contributed by atoms with Crippen LogP contribution in [-0.4, -0.2) is 19.3 Å². The van der Waals surface area contributed by atoms with Gasteiger partial charge in [-0.05, 0) is 37.1 Å². The number of hydrogen-bond acceptors (Lipinski definition) is 2. The second kappa shape index (κ2) is 3.38. The zero-order valence-corrected chi connectivity index (χ0v) is 8.04. The molecule has 0 bridgehead atoms. The summed E-state index contributed by atoms with van der Waals surface area (Å²) >= 11 is 0. The van der Waals surface area contributed by atoms with Gasteiger partial charge in [-0.2, -0.15) is 0 Å². The van der Waals surface area contributed by atoms with Crippen molar-refractivity contribution in [2.24, 2.45) is 0 Å². The van der Waals surface area contributed by atoms with Gasteiger partial charge in [0.1, 0.15) is 18.5 Å². The molecule has 0 amide bonds. The molecule has 1 atom stereocenters. The van der Waals surface area contributed by atoms with Crippen LogP contribution in [0.3, 0.4) is 0 Å². The fourth-order valence-corrected chi connectivity index (χ4v) is 1.16. The number of rotatable bonds is 3. The molecule has 0 aromatic heterocycles. The third kappa shape index (κ3) is 2.22. The van der Waals surface area contributed by atoms with Gasteiger partial charge in [-0.3, -0.25) is 0 Å². The SMILES string of the molecule is Cc1ccc(OC[C@H]2CO2)cc1C. The van der Waals surface area contributed by atoms with Gasteiger partial charge in [-0.1, -0.05) is 6.07 Å². The molecule has 0 N–H and O–H groups in total. The van der Waals surface area contributed by atoms with Crippen molar-refractivity contribution in [1.82, 2.24) is 0 Å². The third-order valence-corrected chi connectivity index (χ3v) is 2.32. The minimum atomic E-state index is 0.335. The smallest absolute Gasteiger partial charge is 0.119 e. The monoisotopic (exact) mass is 178 g/mol. The Morgan fingerprint density at radius 3 is 2.77 bits per heavy atom. The average molecular weight is 178 g/mol. The van der Waals surface area contributed by atoms with Crippen molar-refractivity contribution in [3.8, 4) is 5.75 Å². The van der Waals surface area contributed by atoms with E-state index in [0.717, 1.165) is 12.4 Å². The van der Waals surface area contributed by atoms with Crippen LogP contribution < -0.4 is 4.74 Å². The van der Waals surface area contributed by atoms with Gasteiger partial charge in [0, 0.05) is 0 Å². The van der Waals surface area contributed by atoms with E-state index in [4.69, 9.17) is 9.47 Å². The third-order valence-electron chi connectivity index (χ3n) is 2.32. The van der Waals surface area contributed by atoms with E-state index in [1.165, 1.54) is 11.1 Å². The zero-order chi connectivity index (χ0) is 9.26. The van der Waals surface area contributed by atoms with E-state index in [-0.39, 0.29) is 0 Å². The molecular weight excluding hydrogens is 164 g/mol. The van der Waals surface area contributed by atoms with Gasteiger partial charge in [-0.25, -0.2) is 0 Å². The molecule has 1 aromatic rings. The Kier molecular flexibility index (Phi) is 2.23. The van der Waals surface area contributed by atoms with E-state index in [2.05, 4.69) is 26.0 Å². The summed E-state index contributed by atoms with van der Waals surface area (Å²) in [5, 5.41) is 0. The highest BCUT2D eigenvalue weighted by molar-refractivity contribution is 5.33. The Morgan fingerprint density at radius 1 is 1.38 bits per heavy atom. The molecule has 0 unspecified atom stereocenters. The second-order valence-corrected chi connectivity index (χ2v) is 3.51. The highest BCUT2D eigenvalue weighted by Gasteiger charge is 2.22. The first kappa shape index (κ1) is 8.57. The van der Waals surface area contributed by atoms with E-state index in [9.17, 15) is 0 Å². The highest BCUT2D eigenvalue weighted by atomic mass is 16.6. The van der Waals surface area contributed by atoms with Gasteiger partial charge in [-0.15, -0.1) is 0 Å². The van der Waals surface area contributed by atoms with Crippen LogP contribution in [0.2, 0.25) is 0 Å². The molecule has 1 aliphatic rings. The minimum Gasteiger partial charge on any atom is -0.491 e. The molecule has 2 nitrogen and oxygen atoms in total. The molecule has 2 heteroatoms. The van der Waals surface area contributed by atoms with Crippen molar-refractivity contribution in [2.45, 2.75) is 20.0 Å². The Bertz CT molecular complexity index is 303. The molecule has 1 saturated heterocycles. The summed E-state index contributed by atoms with van der Waals surface area (Å²) in [4.78, 5) is 0. The fourth-order valence-electron chi connectivity index (χ4n) is 1.16. The number of epoxide rings is 1. The average Bonchev–Trinajstić information content (AvgIpc) is 2.91. The first-order chi connectivity index (χ1) is 6.25. The molecular formula is C11H14O2. The summed E-state index contributed by atoms with van der Waals surface area (Å²) < 4.78 is 10.6. The Hall–Kier alpha value is -1.02. The van der Waals surface area contributed by atoms with Crippen LogP contribution in [0.1, 0.15) is 11.1 Å². The van der Waals surface area contributed by atoms with Crippen LogP contribution in [0.4, 0.5) is 0 Å². The van der Waals surface area contributed by atoms with Crippen molar-refractivity contribution in [2.75, 3.05) is 13.2 Å². The van der Waals surface area contributed by atoms with Crippen molar-refractivity contribution >= 4 is 0 Å². The van der Waals surface area contributed by atoms with Crippen molar-refractivity contribution in [1.29, 1.82) is 0 Å². The lowest BCUT2D eigenvalue weighted by Crippen LogP contribution is -2.04. The number of aryl methyl sites for hydroxylation is 2. The molecule has 1 aromatic carbocycles. The number of ether oxygens (including phenoxy) is 2. The van der Waals surface area contributed by atoms with E-state index in [0.29, 0.717) is 12.7 Å². The van der Waals surface area contributed by atoms with Gasteiger partial charge in [0.05, 0.1) is 6.61 Å². The van der Waals surface area contributed by atoms with Gasteiger partial charge >= 0.3 is 0 Å². The minimum absolute atomic E-state index is 0.335. The van der Waals surface area contributed by atoms with E-state index < -0.39 is 0 Å². The summed E-state index contributed by atoms with van der Waals surface area (Å²) in [5.41, 5.74) is 2.57. The quantitative estimate of drug-likeness (QED) is 0.661. The zero-order valence-electron chi connectivity index (χ0n) is 8.04. The number of hydrogen-bond donors (Lipinski definition) is 0. The molecule has 70 valence electrons. The standard InChI is InChI=1S/C11H14O2/c1-8-3-4-10(5-9(8)2)12-6-11-7-13-11/h3-5,11H,6-7H2,1-2H3/t11-/m0/s1. The van der Waals surface area contributed by atoms with Crippen LogP contribution in [0, 0.1) is 13.8 Å². The molecule has 13 heavy (non-hydrogen) atoms. The van der Waals surface area contributed by atoms with Crippen molar-refractivity contribution < 1.29 is 9.47 Å². The first-order valence-electron chi connectivity index (χ1n) is 4.57. The molecule has 0 radical (unpaired) electrons.